The Morgan fingerprint density at radius 1 is 1.35 bits per heavy atom. The van der Waals surface area contributed by atoms with Gasteiger partial charge in [0.25, 0.3) is 0 Å². The van der Waals surface area contributed by atoms with E-state index in [1.807, 2.05) is 12.2 Å². The lowest BCUT2D eigenvalue weighted by Crippen LogP contribution is -1.93. The highest BCUT2D eigenvalue weighted by molar-refractivity contribution is 8.13. The first-order valence-corrected chi connectivity index (χ1v) is 6.13. The highest BCUT2D eigenvalue weighted by atomic mass is 32.2. The van der Waals surface area contributed by atoms with Crippen LogP contribution in [0, 0.1) is 0 Å². The van der Waals surface area contributed by atoms with Gasteiger partial charge in [-0.2, -0.15) is 0 Å². The molecule has 0 unspecified atom stereocenters. The normalized spacial score (nSPS) is 10.7. The van der Waals surface area contributed by atoms with E-state index in [2.05, 4.69) is 0 Å². The number of Topliss-reactive ketones (excluding diaryl/α,β-unsaturated/α-hetero) is 1. The van der Waals surface area contributed by atoms with Crippen molar-refractivity contribution in [2.45, 2.75) is 13.8 Å². The summed E-state index contributed by atoms with van der Waals surface area (Å²) in [5.74, 6) is 0.426. The van der Waals surface area contributed by atoms with Crippen molar-refractivity contribution in [1.82, 2.24) is 0 Å². The highest BCUT2D eigenvalue weighted by Crippen LogP contribution is 2.19. The molecule has 1 aromatic rings. The molecular weight excluding hydrogens is 236 g/mol. The Labute approximate surface area is 105 Å². The van der Waals surface area contributed by atoms with E-state index in [0.29, 0.717) is 11.3 Å². The van der Waals surface area contributed by atoms with E-state index in [0.717, 1.165) is 5.56 Å². The topological polar surface area (TPSA) is 54.4 Å². The lowest BCUT2D eigenvalue weighted by Gasteiger charge is -2.01. The van der Waals surface area contributed by atoms with Gasteiger partial charge in [-0.05, 0) is 24.6 Å². The third-order valence-corrected chi connectivity index (χ3v) is 2.86. The zero-order valence-corrected chi connectivity index (χ0v) is 10.6. The molecule has 0 fully saturated rings. The molecule has 0 heterocycles. The van der Waals surface area contributed by atoms with Crippen molar-refractivity contribution in [3.8, 4) is 5.75 Å². The summed E-state index contributed by atoms with van der Waals surface area (Å²) in [6.45, 7) is 2.93. The molecule has 0 saturated carbocycles. The molecule has 0 bridgehead atoms. The van der Waals surface area contributed by atoms with Crippen LogP contribution in [0.5, 0.6) is 5.75 Å². The van der Waals surface area contributed by atoms with Gasteiger partial charge >= 0.3 is 0 Å². The van der Waals surface area contributed by atoms with Crippen LogP contribution in [0.25, 0.3) is 6.08 Å². The number of ketones is 1. The van der Waals surface area contributed by atoms with Crippen LogP contribution in [0.15, 0.2) is 24.3 Å². The van der Waals surface area contributed by atoms with Crippen LogP contribution in [0.1, 0.15) is 29.8 Å². The number of aromatic hydroxyl groups is 1. The molecule has 17 heavy (non-hydrogen) atoms. The molecule has 0 aromatic heterocycles. The maximum Gasteiger partial charge on any atom is 0.186 e. The quantitative estimate of drug-likeness (QED) is 0.835. The zero-order chi connectivity index (χ0) is 12.8. The number of carbonyl (C=O) groups is 2. The maximum atomic E-state index is 11.2. The fourth-order valence-electron chi connectivity index (χ4n) is 1.29. The van der Waals surface area contributed by atoms with Crippen molar-refractivity contribution in [2.24, 2.45) is 0 Å². The fourth-order valence-corrected chi connectivity index (χ4v) is 1.72. The first-order valence-electron chi connectivity index (χ1n) is 5.14. The highest BCUT2D eigenvalue weighted by Gasteiger charge is 2.05. The predicted molar refractivity (Wildman–Crippen MR) is 70.3 cm³/mol. The lowest BCUT2D eigenvalue weighted by atomic mass is 10.1. The number of rotatable bonds is 4. The minimum Gasteiger partial charge on any atom is -0.507 e. The van der Waals surface area contributed by atoms with Crippen LogP contribution >= 0.6 is 11.8 Å². The summed E-state index contributed by atoms with van der Waals surface area (Å²) in [6, 6.07) is 4.85. The molecule has 0 amide bonds. The van der Waals surface area contributed by atoms with Crippen LogP contribution in [-0.2, 0) is 4.79 Å². The maximum absolute atomic E-state index is 11.2. The minimum absolute atomic E-state index is 0.00670. The predicted octanol–water partition coefficient (Wildman–Crippen LogP) is 2.89. The Hall–Kier alpha value is -1.55. The van der Waals surface area contributed by atoms with E-state index in [4.69, 9.17) is 0 Å². The van der Waals surface area contributed by atoms with E-state index in [-0.39, 0.29) is 16.6 Å². The molecule has 1 rings (SSSR count). The van der Waals surface area contributed by atoms with E-state index in [1.54, 1.807) is 12.1 Å². The SMILES string of the molecule is CC(=O)SCC=Cc1ccc(O)c(C(C)=O)c1. The third-order valence-electron chi connectivity index (χ3n) is 2.09. The number of thioether (sulfide) groups is 1. The van der Waals surface area contributed by atoms with Crippen molar-refractivity contribution in [2.75, 3.05) is 5.75 Å². The number of benzene rings is 1. The van der Waals surface area contributed by atoms with Gasteiger partial charge in [0.1, 0.15) is 5.75 Å². The molecular formula is C13H14O3S. The smallest absolute Gasteiger partial charge is 0.186 e. The second kappa shape index (κ2) is 6.25. The minimum atomic E-state index is -0.170. The zero-order valence-electron chi connectivity index (χ0n) is 9.77. The standard InChI is InChI=1S/C13H14O3S/c1-9(14)12-8-11(5-6-13(12)16)4-3-7-17-10(2)15/h3-6,8,16H,7H2,1-2H3. The monoisotopic (exact) mass is 250 g/mol. The van der Waals surface area contributed by atoms with Crippen molar-refractivity contribution >= 4 is 28.7 Å². The molecule has 90 valence electrons. The van der Waals surface area contributed by atoms with Gasteiger partial charge in [0.15, 0.2) is 10.9 Å². The van der Waals surface area contributed by atoms with E-state index >= 15 is 0 Å². The van der Waals surface area contributed by atoms with Gasteiger partial charge in [0.05, 0.1) is 5.56 Å². The van der Waals surface area contributed by atoms with Gasteiger partial charge in [-0.1, -0.05) is 30.0 Å². The van der Waals surface area contributed by atoms with E-state index < -0.39 is 0 Å². The summed E-state index contributed by atoms with van der Waals surface area (Å²) in [6.07, 6.45) is 3.67. The Kier molecular flexibility index (Phi) is 4.97. The number of phenols is 1. The Bertz CT molecular complexity index is 464. The molecule has 0 saturated heterocycles. The lowest BCUT2D eigenvalue weighted by molar-refractivity contribution is -0.109. The van der Waals surface area contributed by atoms with Crippen molar-refractivity contribution in [3.05, 3.63) is 35.4 Å². The van der Waals surface area contributed by atoms with Crippen molar-refractivity contribution in [3.63, 3.8) is 0 Å². The van der Waals surface area contributed by atoms with Crippen LogP contribution in [0.4, 0.5) is 0 Å². The third kappa shape index (κ3) is 4.44. The van der Waals surface area contributed by atoms with Gasteiger partial charge in [-0.3, -0.25) is 9.59 Å². The molecule has 1 N–H and O–H groups in total. The summed E-state index contributed by atoms with van der Waals surface area (Å²) >= 11 is 1.22. The van der Waals surface area contributed by atoms with Gasteiger partial charge in [0.2, 0.25) is 0 Å². The van der Waals surface area contributed by atoms with Gasteiger partial charge in [-0.15, -0.1) is 0 Å². The first kappa shape index (κ1) is 13.5. The molecule has 0 aliphatic carbocycles. The summed E-state index contributed by atoms with van der Waals surface area (Å²) in [5.41, 5.74) is 1.14. The Morgan fingerprint density at radius 3 is 2.65 bits per heavy atom. The molecule has 0 spiro atoms. The van der Waals surface area contributed by atoms with Crippen LogP contribution in [0.2, 0.25) is 0 Å². The summed E-state index contributed by atoms with van der Waals surface area (Å²) < 4.78 is 0. The molecule has 0 radical (unpaired) electrons. The molecule has 1 aromatic carbocycles. The van der Waals surface area contributed by atoms with Gasteiger partial charge in [-0.25, -0.2) is 0 Å². The van der Waals surface area contributed by atoms with E-state index in [1.165, 1.54) is 31.7 Å². The Morgan fingerprint density at radius 2 is 2.06 bits per heavy atom. The van der Waals surface area contributed by atoms with Crippen molar-refractivity contribution in [1.29, 1.82) is 0 Å². The van der Waals surface area contributed by atoms with Crippen LogP contribution in [-0.4, -0.2) is 21.8 Å². The fraction of sp³-hybridized carbons (Fsp3) is 0.231. The summed E-state index contributed by atoms with van der Waals surface area (Å²) in [4.78, 5) is 21.9. The largest absolute Gasteiger partial charge is 0.507 e. The van der Waals surface area contributed by atoms with Crippen molar-refractivity contribution < 1.29 is 14.7 Å². The Balaban J connectivity index is 2.75. The van der Waals surface area contributed by atoms with E-state index in [9.17, 15) is 14.7 Å². The molecule has 4 heteroatoms. The number of carbonyl (C=O) groups excluding carboxylic acids is 2. The molecule has 0 aliphatic rings. The molecule has 0 aliphatic heterocycles. The number of phenolic OH excluding ortho intramolecular Hbond substituents is 1. The van der Waals surface area contributed by atoms with Crippen LogP contribution in [0.3, 0.4) is 0 Å². The number of hydrogen-bond acceptors (Lipinski definition) is 4. The summed E-state index contributed by atoms with van der Waals surface area (Å²) in [7, 11) is 0. The number of hydrogen-bond donors (Lipinski definition) is 1. The first-order chi connectivity index (χ1) is 8.00. The second-order valence-corrected chi connectivity index (χ2v) is 4.73. The van der Waals surface area contributed by atoms with Gasteiger partial charge < -0.3 is 5.11 Å². The molecule has 3 nitrogen and oxygen atoms in total. The summed E-state index contributed by atoms with van der Waals surface area (Å²) in [5, 5.41) is 9.53. The van der Waals surface area contributed by atoms with Crippen LogP contribution < -0.4 is 0 Å². The molecule has 0 atom stereocenters. The average molecular weight is 250 g/mol. The second-order valence-electron chi connectivity index (χ2n) is 3.54. The average Bonchev–Trinajstić information content (AvgIpc) is 2.25. The van der Waals surface area contributed by atoms with Gasteiger partial charge in [0, 0.05) is 12.7 Å².